The maximum absolute atomic E-state index is 13.7. The van der Waals surface area contributed by atoms with Crippen molar-refractivity contribution in [3.05, 3.63) is 95.6 Å². The highest BCUT2D eigenvalue weighted by Gasteiger charge is 2.43. The van der Waals surface area contributed by atoms with Crippen LogP contribution in [0.25, 0.3) is 21.8 Å². The highest BCUT2D eigenvalue weighted by atomic mass is 19.4. The number of alkyl halides is 6. The van der Waals surface area contributed by atoms with Gasteiger partial charge in [-0.15, -0.1) is 4.73 Å². The fourth-order valence-corrected chi connectivity index (χ4v) is 4.84. The number of aromatic nitrogens is 2. The molecular weight excluding hydrogens is 598 g/mol. The van der Waals surface area contributed by atoms with Gasteiger partial charge < -0.3 is 19.8 Å². The van der Waals surface area contributed by atoms with Gasteiger partial charge >= 0.3 is 24.3 Å². The van der Waals surface area contributed by atoms with E-state index in [9.17, 15) is 46.1 Å². The first kappa shape index (κ1) is 30.2. The maximum Gasteiger partial charge on any atom is 0.420 e. The van der Waals surface area contributed by atoms with Crippen molar-refractivity contribution in [3.63, 3.8) is 0 Å². The Hall–Kier alpha value is -5.27. The van der Waals surface area contributed by atoms with Crippen molar-refractivity contribution < 1.29 is 60.3 Å². The number of carbonyl (C=O) groups is 2. The van der Waals surface area contributed by atoms with Gasteiger partial charge in [-0.2, -0.15) is 30.9 Å². The second kappa shape index (κ2) is 11.4. The Morgan fingerprint density at radius 2 is 1.23 bits per heavy atom. The van der Waals surface area contributed by atoms with E-state index in [1.807, 2.05) is 0 Å². The Balaban J connectivity index is 1.53. The molecule has 0 spiro atoms. The van der Waals surface area contributed by atoms with Crippen LogP contribution in [0.15, 0.2) is 78.9 Å². The number of rotatable bonds is 7. The zero-order valence-electron chi connectivity index (χ0n) is 22.3. The van der Waals surface area contributed by atoms with Crippen LogP contribution in [0.1, 0.15) is 34.3 Å². The predicted octanol–water partition coefficient (Wildman–Crippen LogP) is 6.19. The van der Waals surface area contributed by atoms with Gasteiger partial charge in [-0.1, -0.05) is 30.3 Å². The van der Waals surface area contributed by atoms with E-state index in [1.165, 1.54) is 24.3 Å². The molecule has 44 heavy (non-hydrogen) atoms. The molecule has 0 aliphatic rings. The summed E-state index contributed by atoms with van der Waals surface area (Å²) in [6, 6.07) is 16.1. The molecule has 228 valence electrons. The van der Waals surface area contributed by atoms with Gasteiger partial charge in [0.1, 0.15) is 6.54 Å². The van der Waals surface area contributed by atoms with Crippen LogP contribution >= 0.6 is 0 Å². The summed E-state index contributed by atoms with van der Waals surface area (Å²) in [5.41, 5.74) is -3.00. The number of hydrogen-bond donors (Lipinski definition) is 2. The van der Waals surface area contributed by atoms with Crippen molar-refractivity contribution in [3.8, 4) is 17.5 Å². The molecule has 0 atom stereocenters. The molecule has 0 unspecified atom stereocenters. The van der Waals surface area contributed by atoms with E-state index in [0.717, 1.165) is 12.1 Å². The van der Waals surface area contributed by atoms with Crippen molar-refractivity contribution >= 4 is 33.7 Å². The molecule has 2 aromatic heterocycles. The molecule has 0 saturated heterocycles. The first-order valence-corrected chi connectivity index (χ1v) is 12.9. The SMILES string of the molecule is O=C(CCC[n+]1c2ccccc2c(C(=O)Oc2c(C(F)(F)F)cccc2C(F)(F)F)c2ccccc21)On1c(O)ccc1O. The minimum atomic E-state index is -5.25. The molecule has 0 aliphatic heterocycles. The Morgan fingerprint density at radius 3 is 1.73 bits per heavy atom. The van der Waals surface area contributed by atoms with Crippen LogP contribution in [-0.4, -0.2) is 26.9 Å². The normalized spacial score (nSPS) is 12.0. The summed E-state index contributed by atoms with van der Waals surface area (Å²) in [5.74, 6) is -4.86. The third-order valence-corrected chi connectivity index (χ3v) is 6.71. The standard InChI is InChI=1S/C30H20F6N2O6/c31-29(32,33)19-9-5-10-20(30(34,35)36)27(19)43-28(42)26-17-7-1-3-11-21(17)37(22-12-4-2-8-18(22)26)16-6-13-25(41)44-38-23(39)14-15-24(38)40/h1-5,7-12,14-15,42H,6,13,16H2/p+1. The lowest BCUT2D eigenvalue weighted by Gasteiger charge is -2.18. The Labute approximate surface area is 243 Å². The molecule has 5 aromatic rings. The van der Waals surface area contributed by atoms with Crippen molar-refractivity contribution in [2.45, 2.75) is 31.7 Å². The molecule has 0 fully saturated rings. The monoisotopic (exact) mass is 619 g/mol. The molecule has 0 saturated carbocycles. The van der Waals surface area contributed by atoms with Gasteiger partial charge in [-0.25, -0.2) is 9.59 Å². The van der Waals surface area contributed by atoms with Crippen LogP contribution in [-0.2, 0) is 23.7 Å². The molecule has 0 aliphatic carbocycles. The van der Waals surface area contributed by atoms with Crippen molar-refractivity contribution in [1.82, 2.24) is 4.73 Å². The summed E-state index contributed by atoms with van der Waals surface area (Å²) in [4.78, 5) is 30.9. The summed E-state index contributed by atoms with van der Waals surface area (Å²) >= 11 is 0. The van der Waals surface area contributed by atoms with Crippen LogP contribution in [0.5, 0.6) is 17.5 Å². The number of carbonyl (C=O) groups excluding carboxylic acids is 2. The summed E-state index contributed by atoms with van der Waals surface area (Å²) in [6.07, 6.45) is -10.5. The number of aromatic hydroxyl groups is 2. The number of halogens is 6. The lowest BCUT2D eigenvalue weighted by molar-refractivity contribution is -0.645. The predicted molar refractivity (Wildman–Crippen MR) is 142 cm³/mol. The van der Waals surface area contributed by atoms with Crippen LogP contribution in [0.2, 0.25) is 0 Å². The highest BCUT2D eigenvalue weighted by molar-refractivity contribution is 6.13. The lowest BCUT2D eigenvalue weighted by Crippen LogP contribution is -2.37. The smallest absolute Gasteiger partial charge is 0.420 e. The number of aryl methyl sites for hydroxylation is 1. The van der Waals surface area contributed by atoms with Gasteiger partial charge in [0, 0.05) is 30.7 Å². The Morgan fingerprint density at radius 1 is 0.727 bits per heavy atom. The first-order chi connectivity index (χ1) is 20.8. The summed E-state index contributed by atoms with van der Waals surface area (Å²) < 4.78 is 89.6. The zero-order chi connectivity index (χ0) is 31.8. The molecule has 2 heterocycles. The van der Waals surface area contributed by atoms with Gasteiger partial charge in [-0.3, -0.25) is 0 Å². The highest BCUT2D eigenvalue weighted by Crippen LogP contribution is 2.44. The summed E-state index contributed by atoms with van der Waals surface area (Å²) in [5, 5.41) is 19.7. The molecule has 5 rings (SSSR count). The van der Waals surface area contributed by atoms with Gasteiger partial charge in [0.05, 0.1) is 33.9 Å². The number of hydrogen-bond acceptors (Lipinski definition) is 6. The first-order valence-electron chi connectivity index (χ1n) is 12.9. The zero-order valence-corrected chi connectivity index (χ0v) is 22.3. The van der Waals surface area contributed by atoms with Crippen LogP contribution in [0, 0.1) is 0 Å². The molecule has 8 nitrogen and oxygen atoms in total. The molecule has 0 radical (unpaired) electrons. The fourth-order valence-electron chi connectivity index (χ4n) is 4.84. The fraction of sp³-hybridized carbons (Fsp3) is 0.167. The largest absolute Gasteiger partial charge is 0.492 e. The number of benzene rings is 3. The number of ether oxygens (including phenoxy) is 1. The van der Waals surface area contributed by atoms with E-state index in [4.69, 9.17) is 9.57 Å². The lowest BCUT2D eigenvalue weighted by atomic mass is 10.0. The maximum atomic E-state index is 13.7. The van der Waals surface area contributed by atoms with E-state index < -0.39 is 52.9 Å². The minimum absolute atomic E-state index is 0.157. The molecule has 0 bridgehead atoms. The van der Waals surface area contributed by atoms with Crippen molar-refractivity contribution in [2.75, 3.05) is 0 Å². The van der Waals surface area contributed by atoms with Gasteiger partial charge in [0.25, 0.3) is 0 Å². The molecule has 3 aromatic carbocycles. The quantitative estimate of drug-likeness (QED) is 0.0742. The van der Waals surface area contributed by atoms with E-state index >= 15 is 0 Å². The van der Waals surface area contributed by atoms with Crippen molar-refractivity contribution in [1.29, 1.82) is 0 Å². The molecule has 2 N–H and O–H groups in total. The van der Waals surface area contributed by atoms with Crippen molar-refractivity contribution in [2.24, 2.45) is 0 Å². The second-order valence-electron chi connectivity index (χ2n) is 9.54. The second-order valence-corrected chi connectivity index (χ2v) is 9.54. The average molecular weight is 619 g/mol. The average Bonchev–Trinajstić information content (AvgIpc) is 3.27. The van der Waals surface area contributed by atoms with Crippen LogP contribution < -0.4 is 14.1 Å². The van der Waals surface area contributed by atoms with E-state index in [1.54, 1.807) is 28.8 Å². The topological polar surface area (TPSA) is 102 Å². The molecular formula is C30H21F6N2O6+. The van der Waals surface area contributed by atoms with Gasteiger partial charge in [-0.05, 0) is 24.3 Å². The van der Waals surface area contributed by atoms with E-state index in [-0.39, 0.29) is 35.7 Å². The van der Waals surface area contributed by atoms with Crippen LogP contribution in [0.3, 0.4) is 0 Å². The third-order valence-electron chi connectivity index (χ3n) is 6.71. The number of pyridine rings is 1. The number of nitrogens with zero attached hydrogens (tertiary/aromatic N) is 2. The number of fused-ring (bicyclic) bond motifs is 2. The number of para-hydroxylation sites is 3. The minimum Gasteiger partial charge on any atom is -0.492 e. The Kier molecular flexibility index (Phi) is 7.84. The van der Waals surface area contributed by atoms with Gasteiger partial charge in [0.15, 0.2) is 5.75 Å². The van der Waals surface area contributed by atoms with E-state index in [2.05, 4.69) is 0 Å². The summed E-state index contributed by atoms with van der Waals surface area (Å²) in [6.45, 7) is 0.157. The van der Waals surface area contributed by atoms with Crippen LogP contribution in [0.4, 0.5) is 26.3 Å². The molecule has 0 amide bonds. The molecule has 14 heteroatoms. The Bertz CT molecular complexity index is 1790. The van der Waals surface area contributed by atoms with Gasteiger partial charge in [0.2, 0.25) is 22.8 Å². The summed E-state index contributed by atoms with van der Waals surface area (Å²) in [7, 11) is 0. The third kappa shape index (κ3) is 5.82. The van der Waals surface area contributed by atoms with E-state index in [0.29, 0.717) is 34.0 Å². The number of esters is 1.